The first-order valence-electron chi connectivity index (χ1n) is 17.6. The van der Waals surface area contributed by atoms with Crippen LogP contribution < -0.4 is 0 Å². The van der Waals surface area contributed by atoms with Crippen LogP contribution in [0.15, 0.2) is 36.5 Å². The van der Waals surface area contributed by atoms with Crippen molar-refractivity contribution in [3.8, 4) is 0 Å². The van der Waals surface area contributed by atoms with Crippen LogP contribution >= 0.6 is 0 Å². The van der Waals surface area contributed by atoms with Crippen LogP contribution in [0.3, 0.4) is 0 Å². The number of carbonyl (C=O) groups is 1. The summed E-state index contributed by atoms with van der Waals surface area (Å²) in [5.74, 6) is -0.725. The lowest BCUT2D eigenvalue weighted by atomic mass is 9.94. The standard InChI is InChI=1S/C35H58O18/c1-7-16(2)9-8-10-17(3)11-12-22(35(5,6)46)51-32-28(44)26(42)31(21(50-32)15-47-18(4)38)53-34-29(45)25(41)30(20(14-37)49-34)52-33-27(43)24(40)23(39)19(13-36)48-33/h7,10,19-34,36-37,39-46H,1-2,8-9,11-15H2,3-6H3/b17-10+/t19-,20-,21-,22+,23-,24+,25-,26-,27-,28-,29-,30-,31-,32+,33+,34+/m1/s1. The van der Waals surface area contributed by atoms with Crippen LogP contribution in [0.5, 0.6) is 0 Å². The summed E-state index contributed by atoms with van der Waals surface area (Å²) in [5, 5.41) is 106. The molecule has 3 aliphatic heterocycles. The quantitative estimate of drug-likeness (QED) is 0.0389. The average Bonchev–Trinajstić information content (AvgIpc) is 3.10. The number of aliphatic hydroxyl groups is 10. The second-order valence-electron chi connectivity index (χ2n) is 14.2. The molecule has 0 bridgehead atoms. The largest absolute Gasteiger partial charge is 0.463 e. The summed E-state index contributed by atoms with van der Waals surface area (Å²) in [5.41, 5.74) is 0.480. The number of ether oxygens (including phenoxy) is 7. The molecule has 0 radical (unpaired) electrons. The third-order valence-corrected chi connectivity index (χ3v) is 9.48. The van der Waals surface area contributed by atoms with Gasteiger partial charge in [-0.25, -0.2) is 0 Å². The summed E-state index contributed by atoms with van der Waals surface area (Å²) in [7, 11) is 0. The Morgan fingerprint density at radius 2 is 1.26 bits per heavy atom. The van der Waals surface area contributed by atoms with Crippen molar-refractivity contribution >= 4 is 5.97 Å². The van der Waals surface area contributed by atoms with Crippen molar-refractivity contribution in [2.45, 2.75) is 157 Å². The first-order valence-corrected chi connectivity index (χ1v) is 17.6. The van der Waals surface area contributed by atoms with Crippen molar-refractivity contribution in [3.05, 3.63) is 36.5 Å². The summed E-state index contributed by atoms with van der Waals surface area (Å²) in [6.45, 7) is 11.5. The van der Waals surface area contributed by atoms with Crippen molar-refractivity contribution in [3.63, 3.8) is 0 Å². The molecule has 0 aliphatic carbocycles. The smallest absolute Gasteiger partial charge is 0.302 e. The van der Waals surface area contributed by atoms with Crippen LogP contribution in [0.2, 0.25) is 0 Å². The fourth-order valence-corrected chi connectivity index (χ4v) is 6.16. The Kier molecular flexibility index (Phi) is 17.4. The SMILES string of the molecule is C=CC(=C)CC/C=C(\C)CC[C@H](O[C@@H]1O[C@H](COC(C)=O)[C@@H](O[C@@H]2O[C@H](CO)[C@@H](O[C@@H]3O[C@H](CO)[C@@H](O)[C@H](O)[C@H]3O)[C@H](O)[C@H]2O)[C@H](O)[C@H]1O)C(C)(C)O. The van der Waals surface area contributed by atoms with E-state index in [1.54, 1.807) is 6.08 Å². The minimum absolute atomic E-state index is 0.292. The second-order valence-corrected chi connectivity index (χ2v) is 14.2. The van der Waals surface area contributed by atoms with E-state index in [1.807, 2.05) is 13.0 Å². The predicted molar refractivity (Wildman–Crippen MR) is 181 cm³/mol. The lowest BCUT2D eigenvalue weighted by Crippen LogP contribution is -2.67. The molecule has 0 amide bonds. The normalized spacial score (nSPS) is 39.0. The van der Waals surface area contributed by atoms with Gasteiger partial charge in [0.15, 0.2) is 18.9 Å². The van der Waals surface area contributed by atoms with E-state index in [9.17, 15) is 55.9 Å². The highest BCUT2D eigenvalue weighted by Gasteiger charge is 2.54. The van der Waals surface area contributed by atoms with Gasteiger partial charge in [-0.1, -0.05) is 36.5 Å². The Hall–Kier alpha value is -1.95. The number of allylic oxidation sites excluding steroid dienone is 4. The molecule has 0 aromatic carbocycles. The Morgan fingerprint density at radius 1 is 0.755 bits per heavy atom. The van der Waals surface area contributed by atoms with Gasteiger partial charge in [0, 0.05) is 6.92 Å². The molecule has 306 valence electrons. The maximum Gasteiger partial charge on any atom is 0.302 e. The Bertz CT molecular complexity index is 1200. The molecule has 0 spiro atoms. The fourth-order valence-electron chi connectivity index (χ4n) is 6.16. The molecule has 3 aliphatic rings. The van der Waals surface area contributed by atoms with E-state index in [2.05, 4.69) is 13.2 Å². The lowest BCUT2D eigenvalue weighted by molar-refractivity contribution is -0.382. The van der Waals surface area contributed by atoms with E-state index in [0.29, 0.717) is 12.8 Å². The molecule has 0 aromatic rings. The molecule has 3 fully saturated rings. The van der Waals surface area contributed by atoms with Gasteiger partial charge in [0.1, 0.15) is 79.9 Å². The highest BCUT2D eigenvalue weighted by atomic mass is 16.8. The highest BCUT2D eigenvalue weighted by Crippen LogP contribution is 2.34. The predicted octanol–water partition coefficient (Wildman–Crippen LogP) is -2.59. The van der Waals surface area contributed by atoms with E-state index in [1.165, 1.54) is 13.8 Å². The zero-order valence-corrected chi connectivity index (χ0v) is 30.5. The van der Waals surface area contributed by atoms with Crippen LogP contribution in [0, 0.1) is 0 Å². The second kappa shape index (κ2) is 20.3. The minimum atomic E-state index is -1.98. The Balaban J connectivity index is 1.75. The first kappa shape index (κ1) is 45.4. The topological polar surface area (TPSA) is 284 Å². The third-order valence-electron chi connectivity index (χ3n) is 9.48. The van der Waals surface area contributed by atoms with Gasteiger partial charge in [0.25, 0.3) is 0 Å². The van der Waals surface area contributed by atoms with E-state index >= 15 is 0 Å². The Morgan fingerprint density at radius 3 is 1.79 bits per heavy atom. The molecule has 0 saturated carbocycles. The molecule has 3 rings (SSSR count). The number of carbonyl (C=O) groups excluding carboxylic acids is 1. The maximum atomic E-state index is 11.8. The van der Waals surface area contributed by atoms with E-state index in [-0.39, 0.29) is 0 Å². The zero-order valence-electron chi connectivity index (χ0n) is 30.5. The van der Waals surface area contributed by atoms with Gasteiger partial charge >= 0.3 is 5.97 Å². The highest BCUT2D eigenvalue weighted by molar-refractivity contribution is 5.65. The van der Waals surface area contributed by atoms with Gasteiger partial charge in [-0.05, 0) is 46.5 Å². The average molecular weight is 767 g/mol. The van der Waals surface area contributed by atoms with Gasteiger partial charge < -0.3 is 84.2 Å². The molecule has 3 saturated heterocycles. The molecule has 16 atom stereocenters. The van der Waals surface area contributed by atoms with Gasteiger partial charge in [0.05, 0.1) is 24.9 Å². The molecular formula is C35H58O18. The lowest BCUT2D eigenvalue weighted by Gasteiger charge is -2.48. The van der Waals surface area contributed by atoms with E-state index < -0.39 is 130 Å². The van der Waals surface area contributed by atoms with Crippen LogP contribution in [0.4, 0.5) is 0 Å². The van der Waals surface area contributed by atoms with E-state index in [0.717, 1.165) is 30.9 Å². The molecule has 3 heterocycles. The van der Waals surface area contributed by atoms with Gasteiger partial charge in [-0.2, -0.15) is 0 Å². The molecule has 53 heavy (non-hydrogen) atoms. The van der Waals surface area contributed by atoms with Crippen LogP contribution in [-0.4, -0.2) is 181 Å². The minimum Gasteiger partial charge on any atom is -0.463 e. The number of rotatable bonds is 18. The maximum absolute atomic E-state index is 11.8. The summed E-state index contributed by atoms with van der Waals surface area (Å²) < 4.78 is 39.5. The van der Waals surface area contributed by atoms with Crippen LogP contribution in [0.25, 0.3) is 0 Å². The van der Waals surface area contributed by atoms with Crippen molar-refractivity contribution in [2.75, 3.05) is 19.8 Å². The van der Waals surface area contributed by atoms with Crippen LogP contribution in [-0.2, 0) is 38.0 Å². The van der Waals surface area contributed by atoms with Gasteiger partial charge in [0.2, 0.25) is 0 Å². The third kappa shape index (κ3) is 12.0. The van der Waals surface area contributed by atoms with Crippen LogP contribution in [0.1, 0.15) is 53.4 Å². The molecule has 18 heteroatoms. The van der Waals surface area contributed by atoms with Gasteiger partial charge in [-0.15, -0.1) is 0 Å². The molecule has 10 N–H and O–H groups in total. The van der Waals surface area contributed by atoms with Gasteiger partial charge in [-0.3, -0.25) is 4.79 Å². The van der Waals surface area contributed by atoms with Crippen molar-refractivity contribution in [1.82, 2.24) is 0 Å². The summed E-state index contributed by atoms with van der Waals surface area (Å²) in [6, 6.07) is 0. The van der Waals surface area contributed by atoms with Crippen molar-refractivity contribution < 1.29 is 89.0 Å². The number of hydrogen-bond donors (Lipinski definition) is 10. The first-order chi connectivity index (χ1) is 24.8. The van der Waals surface area contributed by atoms with E-state index in [4.69, 9.17) is 33.2 Å². The number of hydrogen-bond acceptors (Lipinski definition) is 18. The summed E-state index contributed by atoms with van der Waals surface area (Å²) in [4.78, 5) is 11.8. The molecular weight excluding hydrogens is 708 g/mol. The summed E-state index contributed by atoms with van der Waals surface area (Å²) in [6.07, 6.45) is -20.5. The zero-order chi connectivity index (χ0) is 39.8. The monoisotopic (exact) mass is 766 g/mol. The Labute approximate surface area is 308 Å². The molecule has 18 nitrogen and oxygen atoms in total. The van der Waals surface area contributed by atoms with Crippen molar-refractivity contribution in [2.24, 2.45) is 0 Å². The molecule has 0 aromatic heterocycles. The summed E-state index contributed by atoms with van der Waals surface area (Å²) >= 11 is 0. The number of aliphatic hydroxyl groups excluding tert-OH is 9. The molecule has 0 unspecified atom stereocenters. The fraction of sp³-hybridized carbons (Fsp3) is 0.800. The van der Waals surface area contributed by atoms with Crippen molar-refractivity contribution in [1.29, 1.82) is 0 Å². The number of esters is 1.